The molecule has 1 heterocycles. The number of rotatable bonds is 1. The van der Waals surface area contributed by atoms with E-state index in [0.29, 0.717) is 22.6 Å². The SMILES string of the molecule is C=II.CC.Cc1cc2nc(Cl)nc(N)c2c(-c2ccccc2)c1C. The molecule has 0 aliphatic rings. The zero-order valence-corrected chi connectivity index (χ0v) is 19.8. The Bertz CT molecular complexity index is 852. The van der Waals surface area contributed by atoms with Crippen molar-refractivity contribution in [1.82, 2.24) is 9.97 Å². The van der Waals surface area contributed by atoms with Gasteiger partial charge in [-0.15, -0.1) is 0 Å². The highest BCUT2D eigenvalue weighted by Crippen LogP contribution is 2.36. The van der Waals surface area contributed by atoms with Crippen molar-refractivity contribution in [2.45, 2.75) is 27.7 Å². The molecule has 3 aromatic rings. The van der Waals surface area contributed by atoms with Crippen molar-refractivity contribution < 1.29 is 0 Å². The van der Waals surface area contributed by atoms with Crippen molar-refractivity contribution in [2.75, 3.05) is 5.73 Å². The molecular formula is C19H22ClI2N3. The molecule has 0 atom stereocenters. The van der Waals surface area contributed by atoms with Gasteiger partial charge in [-0.1, -0.05) is 65.4 Å². The Morgan fingerprint density at radius 3 is 2.24 bits per heavy atom. The van der Waals surface area contributed by atoms with Gasteiger partial charge in [0.15, 0.2) is 0 Å². The van der Waals surface area contributed by atoms with Crippen LogP contribution in [0, 0.1) is 13.8 Å². The molecule has 3 nitrogen and oxygen atoms in total. The first kappa shape index (κ1) is 22.2. The van der Waals surface area contributed by atoms with E-state index in [1.54, 1.807) is 0 Å². The minimum Gasteiger partial charge on any atom is -0.383 e. The molecule has 1 aromatic heterocycles. The number of nitrogens with zero attached hydrogens (tertiary/aromatic N) is 2. The second-order valence-electron chi connectivity index (χ2n) is 4.93. The smallest absolute Gasteiger partial charge is 0.224 e. The quantitative estimate of drug-likeness (QED) is 0.251. The van der Waals surface area contributed by atoms with Crippen LogP contribution < -0.4 is 5.73 Å². The largest absolute Gasteiger partial charge is 0.383 e. The molecule has 0 saturated heterocycles. The molecule has 6 heteroatoms. The summed E-state index contributed by atoms with van der Waals surface area (Å²) in [5.41, 5.74) is 11.4. The van der Waals surface area contributed by atoms with Crippen LogP contribution in [0.4, 0.5) is 5.82 Å². The van der Waals surface area contributed by atoms with Crippen LogP contribution in [0.1, 0.15) is 25.0 Å². The van der Waals surface area contributed by atoms with Gasteiger partial charge in [-0.25, -0.2) is 9.97 Å². The second kappa shape index (κ2) is 11.0. The Balaban J connectivity index is 0.000000567. The maximum Gasteiger partial charge on any atom is 0.224 e. The van der Waals surface area contributed by atoms with Crippen molar-refractivity contribution in [2.24, 2.45) is 0 Å². The molecule has 0 aliphatic carbocycles. The molecule has 3 rings (SSSR count). The first-order valence-corrected chi connectivity index (χ1v) is 16.0. The highest BCUT2D eigenvalue weighted by Gasteiger charge is 2.14. The summed E-state index contributed by atoms with van der Waals surface area (Å²) in [5.74, 6) is 0.418. The summed E-state index contributed by atoms with van der Waals surface area (Å²) >= 11 is 8.51. The first-order valence-electron chi connectivity index (χ1n) is 7.77. The Kier molecular flexibility index (Phi) is 9.81. The van der Waals surface area contributed by atoms with Gasteiger partial charge in [-0.05, 0) is 72.4 Å². The average Bonchev–Trinajstić information content (AvgIpc) is 2.60. The predicted molar refractivity (Wildman–Crippen MR) is 130 cm³/mol. The predicted octanol–water partition coefficient (Wildman–Crippen LogP) is 6.91. The van der Waals surface area contributed by atoms with E-state index in [1.807, 2.05) is 38.1 Å². The summed E-state index contributed by atoms with van der Waals surface area (Å²) in [4.78, 5) is 8.39. The van der Waals surface area contributed by atoms with Crippen LogP contribution in [0.15, 0.2) is 36.4 Å². The Labute approximate surface area is 174 Å². The molecule has 0 spiro atoms. The molecule has 0 bridgehead atoms. The monoisotopic (exact) mass is 581 g/mol. The normalized spacial score (nSPS) is 9.68. The van der Waals surface area contributed by atoms with Gasteiger partial charge in [-0.2, -0.15) is 0 Å². The number of aromatic nitrogens is 2. The van der Waals surface area contributed by atoms with Crippen LogP contribution in [0.3, 0.4) is 0 Å². The topological polar surface area (TPSA) is 51.8 Å². The fourth-order valence-electron chi connectivity index (χ4n) is 2.49. The highest BCUT2D eigenvalue weighted by atomic mass is 128. The second-order valence-corrected chi connectivity index (χ2v) is 9.72. The lowest BCUT2D eigenvalue weighted by Crippen LogP contribution is -1.99. The molecule has 2 aromatic carbocycles. The Morgan fingerprint density at radius 1 is 1.12 bits per heavy atom. The van der Waals surface area contributed by atoms with Gasteiger partial charge >= 0.3 is 0 Å². The lowest BCUT2D eigenvalue weighted by Gasteiger charge is -2.14. The fourth-order valence-corrected chi connectivity index (χ4v) is 2.67. The number of halogens is 3. The maximum atomic E-state index is 6.08. The lowest BCUT2D eigenvalue weighted by molar-refractivity contribution is 1.22. The van der Waals surface area contributed by atoms with E-state index in [9.17, 15) is 0 Å². The zero-order valence-electron chi connectivity index (χ0n) is 14.8. The van der Waals surface area contributed by atoms with E-state index in [4.69, 9.17) is 17.3 Å². The summed E-state index contributed by atoms with van der Waals surface area (Å²) in [6.07, 6.45) is 0. The van der Waals surface area contributed by atoms with E-state index in [-0.39, 0.29) is 5.28 Å². The third-order valence-corrected chi connectivity index (χ3v) is 3.74. The summed E-state index contributed by atoms with van der Waals surface area (Å²) in [5, 5.41) is 1.04. The summed E-state index contributed by atoms with van der Waals surface area (Å²) < 4.78 is 3.58. The third-order valence-electron chi connectivity index (χ3n) is 3.57. The van der Waals surface area contributed by atoms with Crippen LogP contribution in [0.2, 0.25) is 5.28 Å². The number of nitrogen functional groups attached to an aromatic ring is 1. The summed E-state index contributed by atoms with van der Waals surface area (Å²) in [7, 11) is 0. The van der Waals surface area contributed by atoms with Crippen LogP contribution in [-0.4, -0.2) is 14.5 Å². The lowest BCUT2D eigenvalue weighted by atomic mass is 9.93. The summed E-state index contributed by atoms with van der Waals surface area (Å²) in [6.45, 7) is 8.15. The molecule has 0 aliphatic heterocycles. The Hall–Kier alpha value is -0.800. The first-order chi connectivity index (χ1) is 12.0. The highest BCUT2D eigenvalue weighted by molar-refractivity contribution is 15.0. The van der Waals surface area contributed by atoms with Crippen molar-refractivity contribution >= 4 is 68.2 Å². The molecule has 2 N–H and O–H groups in total. The van der Waals surface area contributed by atoms with Crippen molar-refractivity contribution in [1.29, 1.82) is 0 Å². The van der Waals surface area contributed by atoms with Crippen molar-refractivity contribution in [3.63, 3.8) is 0 Å². The van der Waals surface area contributed by atoms with Gasteiger partial charge in [0.05, 0.1) is 10.9 Å². The number of anilines is 1. The number of fused-ring (bicyclic) bond motifs is 1. The average molecular weight is 582 g/mol. The molecule has 0 fully saturated rings. The molecular weight excluding hydrogens is 559 g/mol. The van der Waals surface area contributed by atoms with E-state index >= 15 is 0 Å². The minimum absolute atomic E-state index is 0.178. The minimum atomic E-state index is 0.178. The van der Waals surface area contributed by atoms with E-state index in [2.05, 4.69) is 59.1 Å². The number of benzene rings is 2. The standard InChI is InChI=1S/C16H14ClN3.C2H6.CH2I2/c1-9-8-12-14(15(18)20-16(17)19-12)13(10(9)2)11-6-4-3-5-7-11;1-2;1-3-2/h3-8H,1-2H3,(H2,18,19,20);1-2H3;1H2. The van der Waals surface area contributed by atoms with Crippen LogP contribution in [-0.2, 0) is 0 Å². The fraction of sp³-hybridized carbons (Fsp3) is 0.211. The van der Waals surface area contributed by atoms with Gasteiger partial charge in [-0.3, -0.25) is 0 Å². The molecule has 0 saturated carbocycles. The van der Waals surface area contributed by atoms with Gasteiger partial charge in [0.25, 0.3) is 0 Å². The maximum absolute atomic E-state index is 6.08. The Morgan fingerprint density at radius 2 is 1.68 bits per heavy atom. The molecule has 134 valence electrons. The molecule has 0 radical (unpaired) electrons. The van der Waals surface area contributed by atoms with Gasteiger partial charge in [0.1, 0.15) is 5.82 Å². The third kappa shape index (κ3) is 5.59. The van der Waals surface area contributed by atoms with E-state index in [1.165, 1.54) is 5.56 Å². The molecule has 25 heavy (non-hydrogen) atoms. The molecule has 0 unspecified atom stereocenters. The van der Waals surface area contributed by atoms with Crippen molar-refractivity contribution in [3.8, 4) is 11.1 Å². The van der Waals surface area contributed by atoms with Crippen LogP contribution in [0.25, 0.3) is 22.0 Å². The number of hydrogen-bond donors (Lipinski definition) is 1. The van der Waals surface area contributed by atoms with Crippen molar-refractivity contribution in [3.05, 3.63) is 52.8 Å². The van der Waals surface area contributed by atoms with Crippen LogP contribution in [0.5, 0.6) is 0 Å². The molecule has 0 amide bonds. The zero-order chi connectivity index (χ0) is 19.0. The summed E-state index contributed by atoms with van der Waals surface area (Å²) in [6, 6.07) is 12.1. The number of aryl methyl sites for hydroxylation is 1. The van der Waals surface area contributed by atoms with E-state index < -0.39 is 0 Å². The number of nitrogens with two attached hydrogens (primary N) is 1. The number of hydrogen-bond acceptors (Lipinski definition) is 3. The van der Waals surface area contributed by atoms with Crippen LogP contribution >= 0.6 is 47.0 Å². The van der Waals surface area contributed by atoms with Gasteiger partial charge < -0.3 is 5.73 Å². The van der Waals surface area contributed by atoms with Gasteiger partial charge in [0, 0.05) is 0 Å². The van der Waals surface area contributed by atoms with Gasteiger partial charge in [0.2, 0.25) is 5.28 Å². The van der Waals surface area contributed by atoms with E-state index in [0.717, 1.165) is 27.6 Å².